The summed E-state index contributed by atoms with van der Waals surface area (Å²) in [6, 6.07) is 15.9. The SMILES string of the molecule is CCCCOc1ccc([C@H]2C(C(C)=O)=C(C)Nc3nc4ccccc4n32)cc1. The monoisotopic (exact) mass is 375 g/mol. The molecule has 144 valence electrons. The molecule has 0 spiro atoms. The first kappa shape index (κ1) is 18.3. The number of benzene rings is 2. The summed E-state index contributed by atoms with van der Waals surface area (Å²) in [4.78, 5) is 17.3. The molecule has 0 saturated heterocycles. The number of rotatable bonds is 6. The van der Waals surface area contributed by atoms with Crippen LogP contribution in [0.2, 0.25) is 0 Å². The van der Waals surface area contributed by atoms with E-state index in [0.29, 0.717) is 0 Å². The quantitative estimate of drug-likeness (QED) is 0.610. The van der Waals surface area contributed by atoms with E-state index in [1.54, 1.807) is 6.92 Å². The highest BCUT2D eigenvalue weighted by Crippen LogP contribution is 2.39. The van der Waals surface area contributed by atoms with Crippen LogP contribution in [0.5, 0.6) is 5.75 Å². The van der Waals surface area contributed by atoms with Crippen molar-refractivity contribution in [3.8, 4) is 5.75 Å². The summed E-state index contributed by atoms with van der Waals surface area (Å²) >= 11 is 0. The Morgan fingerprint density at radius 3 is 2.64 bits per heavy atom. The molecule has 0 aliphatic carbocycles. The molecular formula is C23H25N3O2. The lowest BCUT2D eigenvalue weighted by Crippen LogP contribution is -2.26. The van der Waals surface area contributed by atoms with E-state index in [-0.39, 0.29) is 11.8 Å². The van der Waals surface area contributed by atoms with E-state index < -0.39 is 0 Å². The summed E-state index contributed by atoms with van der Waals surface area (Å²) in [6.45, 7) is 6.43. The molecule has 0 amide bonds. The second-order valence-corrected chi connectivity index (χ2v) is 7.19. The predicted molar refractivity (Wildman–Crippen MR) is 112 cm³/mol. The van der Waals surface area contributed by atoms with E-state index in [1.165, 1.54) is 0 Å². The first-order valence-corrected chi connectivity index (χ1v) is 9.78. The molecule has 1 atom stereocenters. The number of ketones is 1. The summed E-state index contributed by atoms with van der Waals surface area (Å²) in [5, 5.41) is 3.31. The zero-order chi connectivity index (χ0) is 19.7. The first-order chi connectivity index (χ1) is 13.6. The molecule has 0 fully saturated rings. The third kappa shape index (κ3) is 3.17. The number of hydrogen-bond acceptors (Lipinski definition) is 4. The highest BCUT2D eigenvalue weighted by molar-refractivity contribution is 5.97. The van der Waals surface area contributed by atoms with Crippen LogP contribution in [-0.4, -0.2) is 21.9 Å². The Hall–Kier alpha value is -3.08. The lowest BCUT2D eigenvalue weighted by molar-refractivity contribution is -0.114. The molecule has 0 unspecified atom stereocenters. The van der Waals surface area contributed by atoms with Gasteiger partial charge in [-0.15, -0.1) is 0 Å². The Bertz CT molecular complexity index is 1050. The number of nitrogens with one attached hydrogen (secondary N) is 1. The van der Waals surface area contributed by atoms with Crippen LogP contribution in [0.4, 0.5) is 5.95 Å². The maximum Gasteiger partial charge on any atom is 0.209 e. The number of hydrogen-bond donors (Lipinski definition) is 1. The van der Waals surface area contributed by atoms with Crippen LogP contribution in [0.1, 0.15) is 45.2 Å². The van der Waals surface area contributed by atoms with Crippen molar-refractivity contribution in [1.29, 1.82) is 0 Å². The maximum absolute atomic E-state index is 12.5. The molecule has 0 bridgehead atoms. The Morgan fingerprint density at radius 2 is 1.93 bits per heavy atom. The van der Waals surface area contributed by atoms with Gasteiger partial charge in [0.1, 0.15) is 5.75 Å². The van der Waals surface area contributed by atoms with Crippen molar-refractivity contribution < 1.29 is 9.53 Å². The number of carbonyl (C=O) groups is 1. The van der Waals surface area contributed by atoms with Crippen LogP contribution >= 0.6 is 0 Å². The average Bonchev–Trinajstić information content (AvgIpc) is 3.05. The second-order valence-electron chi connectivity index (χ2n) is 7.19. The van der Waals surface area contributed by atoms with Crippen LogP contribution in [0.25, 0.3) is 11.0 Å². The molecule has 1 N–H and O–H groups in total. The largest absolute Gasteiger partial charge is 0.494 e. The van der Waals surface area contributed by atoms with Gasteiger partial charge in [-0.25, -0.2) is 4.98 Å². The lowest BCUT2D eigenvalue weighted by atomic mass is 9.92. The zero-order valence-corrected chi connectivity index (χ0v) is 16.5. The molecule has 0 saturated carbocycles. The Balaban J connectivity index is 1.80. The number of ether oxygens (including phenoxy) is 1. The number of Topliss-reactive ketones (excluding diaryl/α,β-unsaturated/α-hetero) is 1. The molecule has 1 aliphatic rings. The fraction of sp³-hybridized carbons (Fsp3) is 0.304. The van der Waals surface area contributed by atoms with Gasteiger partial charge in [-0.05, 0) is 50.1 Å². The van der Waals surface area contributed by atoms with Gasteiger partial charge in [0.25, 0.3) is 0 Å². The van der Waals surface area contributed by atoms with Crippen LogP contribution in [0, 0.1) is 0 Å². The zero-order valence-electron chi connectivity index (χ0n) is 16.5. The summed E-state index contributed by atoms with van der Waals surface area (Å²) < 4.78 is 7.92. The highest BCUT2D eigenvalue weighted by Gasteiger charge is 2.32. The van der Waals surface area contributed by atoms with Crippen molar-refractivity contribution in [2.45, 2.75) is 39.7 Å². The van der Waals surface area contributed by atoms with Gasteiger partial charge < -0.3 is 10.1 Å². The minimum atomic E-state index is -0.217. The number of aromatic nitrogens is 2. The van der Waals surface area contributed by atoms with Gasteiger partial charge in [-0.1, -0.05) is 37.6 Å². The summed E-state index contributed by atoms with van der Waals surface area (Å²) in [5.74, 6) is 1.67. The number of anilines is 1. The lowest BCUT2D eigenvalue weighted by Gasteiger charge is -2.30. The fourth-order valence-electron chi connectivity index (χ4n) is 3.82. The molecule has 5 nitrogen and oxygen atoms in total. The van der Waals surface area contributed by atoms with Crippen molar-refractivity contribution in [2.75, 3.05) is 11.9 Å². The van der Waals surface area contributed by atoms with Gasteiger partial charge in [0, 0.05) is 11.3 Å². The van der Waals surface area contributed by atoms with Crippen LogP contribution in [0.15, 0.2) is 59.8 Å². The van der Waals surface area contributed by atoms with Gasteiger partial charge >= 0.3 is 0 Å². The van der Waals surface area contributed by atoms with Gasteiger partial charge in [0.05, 0.1) is 23.7 Å². The van der Waals surface area contributed by atoms with Crippen LogP contribution < -0.4 is 10.1 Å². The van der Waals surface area contributed by atoms with Crippen molar-refractivity contribution >= 4 is 22.8 Å². The van der Waals surface area contributed by atoms with Gasteiger partial charge in [0.15, 0.2) is 5.78 Å². The highest BCUT2D eigenvalue weighted by atomic mass is 16.5. The molecule has 2 aromatic carbocycles. The van der Waals surface area contributed by atoms with Gasteiger partial charge in [-0.2, -0.15) is 0 Å². The number of carbonyl (C=O) groups excluding carboxylic acids is 1. The molecule has 2 heterocycles. The van der Waals surface area contributed by atoms with Crippen LogP contribution in [-0.2, 0) is 4.79 Å². The summed E-state index contributed by atoms with van der Waals surface area (Å²) in [7, 11) is 0. The standard InChI is InChI=1S/C23H25N3O2/c1-4-5-14-28-18-12-10-17(11-13-18)22-21(16(3)27)15(2)24-23-25-19-8-6-7-9-20(19)26(22)23/h6-13,22H,4-5,14H2,1-3H3,(H,24,25)/t22-/m0/s1. The molecular weight excluding hydrogens is 350 g/mol. The van der Waals surface area contributed by atoms with Crippen molar-refractivity contribution in [2.24, 2.45) is 0 Å². The third-order valence-electron chi connectivity index (χ3n) is 5.17. The summed E-state index contributed by atoms with van der Waals surface area (Å²) in [6.07, 6.45) is 2.15. The predicted octanol–water partition coefficient (Wildman–Crippen LogP) is 5.09. The second kappa shape index (κ2) is 7.50. The van der Waals surface area contributed by atoms with Crippen molar-refractivity contribution in [3.05, 3.63) is 65.4 Å². The smallest absolute Gasteiger partial charge is 0.209 e. The van der Waals surface area contributed by atoms with E-state index in [0.717, 1.165) is 59.0 Å². The minimum Gasteiger partial charge on any atom is -0.494 e. The Labute approximate surface area is 165 Å². The van der Waals surface area contributed by atoms with E-state index >= 15 is 0 Å². The number of fused-ring (bicyclic) bond motifs is 3. The first-order valence-electron chi connectivity index (χ1n) is 9.78. The minimum absolute atomic E-state index is 0.0571. The molecule has 5 heteroatoms. The van der Waals surface area contributed by atoms with Gasteiger partial charge in [0.2, 0.25) is 5.95 Å². The fourth-order valence-corrected chi connectivity index (χ4v) is 3.82. The van der Waals surface area contributed by atoms with Gasteiger partial charge in [-0.3, -0.25) is 9.36 Å². The molecule has 0 radical (unpaired) electrons. The molecule has 3 aromatic rings. The Morgan fingerprint density at radius 1 is 1.18 bits per heavy atom. The number of para-hydroxylation sites is 2. The van der Waals surface area contributed by atoms with Crippen LogP contribution in [0.3, 0.4) is 0 Å². The molecule has 1 aromatic heterocycles. The Kier molecular flexibility index (Phi) is 4.90. The number of unbranched alkanes of at least 4 members (excludes halogenated alkanes) is 1. The van der Waals surface area contributed by atoms with E-state index in [2.05, 4.69) is 16.8 Å². The maximum atomic E-state index is 12.5. The number of nitrogens with zero attached hydrogens (tertiary/aromatic N) is 2. The van der Waals surface area contributed by atoms with Crippen molar-refractivity contribution in [1.82, 2.24) is 9.55 Å². The average molecular weight is 375 g/mol. The van der Waals surface area contributed by atoms with E-state index in [4.69, 9.17) is 9.72 Å². The summed E-state index contributed by atoms with van der Waals surface area (Å²) in [5.41, 5.74) is 4.56. The topological polar surface area (TPSA) is 56.1 Å². The third-order valence-corrected chi connectivity index (χ3v) is 5.17. The molecule has 28 heavy (non-hydrogen) atoms. The molecule has 4 rings (SSSR count). The van der Waals surface area contributed by atoms with E-state index in [9.17, 15) is 4.79 Å². The molecule has 1 aliphatic heterocycles. The van der Waals surface area contributed by atoms with E-state index in [1.807, 2.05) is 55.5 Å². The number of allylic oxidation sites excluding steroid dienone is 2. The van der Waals surface area contributed by atoms with Crippen molar-refractivity contribution in [3.63, 3.8) is 0 Å². The normalized spacial score (nSPS) is 16.0. The number of imidazole rings is 1.